The van der Waals surface area contributed by atoms with Gasteiger partial charge in [0.2, 0.25) is 0 Å². The number of alkyl halides is 3. The van der Waals surface area contributed by atoms with Gasteiger partial charge in [-0.3, -0.25) is 15.0 Å². The fourth-order valence-corrected chi connectivity index (χ4v) is 1.65. The van der Waals surface area contributed by atoms with E-state index in [-0.39, 0.29) is 18.3 Å². The summed E-state index contributed by atoms with van der Waals surface area (Å²) in [5, 5.41) is 10.6. The van der Waals surface area contributed by atoms with Crippen LogP contribution < -0.4 is 0 Å². The molecule has 0 amide bonds. The SMILES string of the molecule is CC(c1cccc([N+](=O)[O-])c1)N(C)CCC(F)(F)F. The molecule has 106 valence electrons. The highest BCUT2D eigenvalue weighted by Crippen LogP contribution is 2.25. The molecule has 0 aliphatic heterocycles. The van der Waals surface area contributed by atoms with E-state index in [2.05, 4.69) is 0 Å². The van der Waals surface area contributed by atoms with Crippen LogP contribution in [0.1, 0.15) is 24.9 Å². The quantitative estimate of drug-likeness (QED) is 0.610. The average molecular weight is 276 g/mol. The van der Waals surface area contributed by atoms with Crippen LogP contribution in [-0.4, -0.2) is 29.6 Å². The minimum Gasteiger partial charge on any atom is -0.299 e. The molecule has 4 nitrogen and oxygen atoms in total. The Morgan fingerprint density at radius 1 is 1.42 bits per heavy atom. The smallest absolute Gasteiger partial charge is 0.299 e. The molecule has 1 unspecified atom stereocenters. The zero-order valence-electron chi connectivity index (χ0n) is 10.6. The molecule has 1 aromatic carbocycles. The van der Waals surface area contributed by atoms with Gasteiger partial charge in [-0.15, -0.1) is 0 Å². The van der Waals surface area contributed by atoms with Crippen molar-refractivity contribution in [1.82, 2.24) is 4.90 Å². The minimum atomic E-state index is -4.20. The van der Waals surface area contributed by atoms with Crippen molar-refractivity contribution in [2.45, 2.75) is 25.6 Å². The number of nitro groups is 1. The molecule has 1 atom stereocenters. The van der Waals surface area contributed by atoms with E-state index in [1.54, 1.807) is 20.0 Å². The number of halogens is 3. The molecular formula is C12H15F3N2O2. The van der Waals surface area contributed by atoms with Crippen molar-refractivity contribution < 1.29 is 18.1 Å². The maximum atomic E-state index is 12.1. The summed E-state index contributed by atoms with van der Waals surface area (Å²) in [6.07, 6.45) is -5.10. The highest BCUT2D eigenvalue weighted by atomic mass is 19.4. The molecule has 1 aromatic rings. The number of rotatable bonds is 5. The summed E-state index contributed by atoms with van der Waals surface area (Å²) in [7, 11) is 1.56. The molecule has 1 rings (SSSR count). The molecule has 0 aliphatic rings. The standard InChI is InChI=1S/C12H15F3N2O2/c1-9(16(2)7-6-12(13,14)15)10-4-3-5-11(8-10)17(18)19/h3-5,8-9H,6-7H2,1-2H3. The topological polar surface area (TPSA) is 46.4 Å². The maximum Gasteiger partial charge on any atom is 0.390 e. The van der Waals surface area contributed by atoms with Gasteiger partial charge in [0.15, 0.2) is 0 Å². The average Bonchev–Trinajstić information content (AvgIpc) is 2.34. The zero-order valence-corrected chi connectivity index (χ0v) is 10.6. The first-order chi connectivity index (χ1) is 8.70. The Balaban J connectivity index is 2.73. The second-order valence-corrected chi connectivity index (χ2v) is 4.37. The van der Waals surface area contributed by atoms with Crippen LogP contribution in [0.4, 0.5) is 18.9 Å². The lowest BCUT2D eigenvalue weighted by Crippen LogP contribution is -2.27. The molecule has 0 bridgehead atoms. The van der Waals surface area contributed by atoms with Gasteiger partial charge in [-0.1, -0.05) is 12.1 Å². The second kappa shape index (κ2) is 6.01. The van der Waals surface area contributed by atoms with E-state index >= 15 is 0 Å². The number of benzene rings is 1. The summed E-state index contributed by atoms with van der Waals surface area (Å²) >= 11 is 0. The van der Waals surface area contributed by atoms with Crippen molar-refractivity contribution in [2.24, 2.45) is 0 Å². The van der Waals surface area contributed by atoms with Crippen LogP contribution in [-0.2, 0) is 0 Å². The van der Waals surface area contributed by atoms with Crippen LogP contribution in [0.3, 0.4) is 0 Å². The molecule has 0 N–H and O–H groups in total. The van der Waals surface area contributed by atoms with Crippen molar-refractivity contribution in [1.29, 1.82) is 0 Å². The number of hydrogen-bond donors (Lipinski definition) is 0. The molecule has 0 fully saturated rings. The molecule has 0 aliphatic carbocycles. The van der Waals surface area contributed by atoms with Crippen molar-refractivity contribution in [3.63, 3.8) is 0 Å². The summed E-state index contributed by atoms with van der Waals surface area (Å²) in [5.74, 6) is 0. The Bertz CT molecular complexity index is 449. The first-order valence-electron chi connectivity index (χ1n) is 5.72. The van der Waals surface area contributed by atoms with Gasteiger partial charge in [-0.05, 0) is 19.5 Å². The third kappa shape index (κ3) is 4.86. The Kier molecular flexibility index (Phi) is 4.88. The monoisotopic (exact) mass is 276 g/mol. The Morgan fingerprint density at radius 2 is 2.05 bits per heavy atom. The molecule has 19 heavy (non-hydrogen) atoms. The molecule has 0 saturated heterocycles. The van der Waals surface area contributed by atoms with E-state index in [0.717, 1.165) is 0 Å². The fourth-order valence-electron chi connectivity index (χ4n) is 1.65. The van der Waals surface area contributed by atoms with Crippen LogP contribution in [0, 0.1) is 10.1 Å². The lowest BCUT2D eigenvalue weighted by atomic mass is 10.1. The molecule has 0 aromatic heterocycles. The molecule has 0 saturated carbocycles. The van der Waals surface area contributed by atoms with E-state index in [0.29, 0.717) is 5.56 Å². The third-order valence-electron chi connectivity index (χ3n) is 2.97. The van der Waals surface area contributed by atoms with Crippen LogP contribution in [0.25, 0.3) is 0 Å². The predicted octanol–water partition coefficient (Wildman–Crippen LogP) is 3.54. The molecule has 0 spiro atoms. The zero-order chi connectivity index (χ0) is 14.6. The Morgan fingerprint density at radius 3 is 2.58 bits per heavy atom. The highest BCUT2D eigenvalue weighted by Gasteiger charge is 2.28. The van der Waals surface area contributed by atoms with Gasteiger partial charge >= 0.3 is 6.18 Å². The van der Waals surface area contributed by atoms with Gasteiger partial charge < -0.3 is 0 Å². The number of hydrogen-bond acceptors (Lipinski definition) is 3. The van der Waals surface area contributed by atoms with Gasteiger partial charge in [0.1, 0.15) is 0 Å². The normalized spacial score (nSPS) is 13.6. The summed E-state index contributed by atoms with van der Waals surface area (Å²) in [4.78, 5) is 11.6. The second-order valence-electron chi connectivity index (χ2n) is 4.37. The van der Waals surface area contributed by atoms with Gasteiger partial charge in [-0.2, -0.15) is 13.2 Å². The van der Waals surface area contributed by atoms with Crippen molar-refractivity contribution >= 4 is 5.69 Å². The number of nitro benzene ring substituents is 1. The van der Waals surface area contributed by atoms with Gasteiger partial charge in [0.05, 0.1) is 11.3 Å². The first-order valence-corrected chi connectivity index (χ1v) is 5.72. The van der Waals surface area contributed by atoms with E-state index < -0.39 is 17.5 Å². The Hall–Kier alpha value is -1.63. The van der Waals surface area contributed by atoms with E-state index in [1.165, 1.54) is 23.1 Å². The van der Waals surface area contributed by atoms with E-state index in [4.69, 9.17) is 0 Å². The van der Waals surface area contributed by atoms with Crippen LogP contribution in [0.2, 0.25) is 0 Å². The van der Waals surface area contributed by atoms with Crippen molar-refractivity contribution in [3.05, 3.63) is 39.9 Å². The lowest BCUT2D eigenvalue weighted by Gasteiger charge is -2.25. The van der Waals surface area contributed by atoms with E-state index in [9.17, 15) is 23.3 Å². The summed E-state index contributed by atoms with van der Waals surface area (Å²) in [5.41, 5.74) is 0.562. The van der Waals surface area contributed by atoms with Gasteiger partial charge in [0.25, 0.3) is 5.69 Å². The van der Waals surface area contributed by atoms with E-state index in [1.807, 2.05) is 0 Å². The molecular weight excluding hydrogens is 261 g/mol. The Labute approximate surface area is 109 Å². The summed E-state index contributed by atoms with van der Waals surface area (Å²) < 4.78 is 36.4. The summed E-state index contributed by atoms with van der Waals surface area (Å²) in [6, 6.07) is 5.62. The highest BCUT2D eigenvalue weighted by molar-refractivity contribution is 5.35. The fraction of sp³-hybridized carbons (Fsp3) is 0.500. The van der Waals surface area contributed by atoms with Crippen LogP contribution in [0.15, 0.2) is 24.3 Å². The van der Waals surface area contributed by atoms with Crippen molar-refractivity contribution in [2.75, 3.05) is 13.6 Å². The van der Waals surface area contributed by atoms with Gasteiger partial charge in [-0.25, -0.2) is 0 Å². The summed E-state index contributed by atoms with van der Waals surface area (Å²) in [6.45, 7) is 1.57. The number of nitrogens with zero attached hydrogens (tertiary/aromatic N) is 2. The third-order valence-corrected chi connectivity index (χ3v) is 2.97. The minimum absolute atomic E-state index is 0.0615. The predicted molar refractivity (Wildman–Crippen MR) is 64.8 cm³/mol. The molecule has 0 radical (unpaired) electrons. The van der Waals surface area contributed by atoms with Crippen molar-refractivity contribution in [3.8, 4) is 0 Å². The molecule has 7 heteroatoms. The largest absolute Gasteiger partial charge is 0.390 e. The van der Waals surface area contributed by atoms with Crippen LogP contribution in [0.5, 0.6) is 0 Å². The maximum absolute atomic E-state index is 12.1. The number of non-ortho nitro benzene ring substituents is 1. The van der Waals surface area contributed by atoms with Crippen LogP contribution >= 0.6 is 0 Å². The first kappa shape index (κ1) is 15.4. The lowest BCUT2D eigenvalue weighted by molar-refractivity contribution is -0.384. The van der Waals surface area contributed by atoms with Gasteiger partial charge in [0, 0.05) is 24.7 Å². The molecule has 0 heterocycles.